The summed E-state index contributed by atoms with van der Waals surface area (Å²) in [7, 11) is 5.67. The lowest BCUT2D eigenvalue weighted by molar-refractivity contribution is -0.132. The molecule has 1 aliphatic rings. The summed E-state index contributed by atoms with van der Waals surface area (Å²) >= 11 is 19.1. The Morgan fingerprint density at radius 3 is 2.13 bits per heavy atom. The molecule has 3 aromatic rings. The fourth-order valence-corrected chi connectivity index (χ4v) is 5.41. The number of amides is 1. The molecule has 0 bridgehead atoms. The SMILES string of the molecule is COc1ccc(C2/C(=C(\O)c3cc(Cl)c(OC)c(Cl)c3OC)C(=O)C(=O)N2c2cc(Cl)ccc2C)cc1OC. The van der Waals surface area contributed by atoms with E-state index in [1.807, 2.05) is 0 Å². The molecule has 4 rings (SSSR count). The molecule has 8 nitrogen and oxygen atoms in total. The lowest BCUT2D eigenvalue weighted by Crippen LogP contribution is -2.30. The number of nitrogens with zero attached hydrogens (tertiary/aromatic N) is 1. The number of benzene rings is 3. The van der Waals surface area contributed by atoms with Crippen molar-refractivity contribution >= 4 is 57.9 Å². The molecule has 1 atom stereocenters. The van der Waals surface area contributed by atoms with Crippen LogP contribution in [-0.2, 0) is 9.59 Å². The number of anilines is 1. The molecule has 0 saturated carbocycles. The van der Waals surface area contributed by atoms with Gasteiger partial charge in [0, 0.05) is 10.7 Å². The van der Waals surface area contributed by atoms with Crippen molar-refractivity contribution in [3.63, 3.8) is 0 Å². The molecule has 1 aliphatic heterocycles. The number of hydrogen-bond donors (Lipinski definition) is 1. The largest absolute Gasteiger partial charge is 0.507 e. The lowest BCUT2D eigenvalue weighted by atomic mass is 9.94. The molecule has 1 N–H and O–H groups in total. The van der Waals surface area contributed by atoms with E-state index in [9.17, 15) is 14.7 Å². The van der Waals surface area contributed by atoms with Gasteiger partial charge in [-0.1, -0.05) is 46.9 Å². The summed E-state index contributed by atoms with van der Waals surface area (Å²) in [6.45, 7) is 1.78. The molecule has 0 aliphatic carbocycles. The second kappa shape index (κ2) is 11.3. The maximum absolute atomic E-state index is 13.6. The minimum absolute atomic E-state index is 0.000377. The molecule has 1 unspecified atom stereocenters. The van der Waals surface area contributed by atoms with Crippen LogP contribution >= 0.6 is 34.8 Å². The van der Waals surface area contributed by atoms with Gasteiger partial charge in [-0.25, -0.2) is 0 Å². The molecule has 3 aromatic carbocycles. The van der Waals surface area contributed by atoms with Crippen molar-refractivity contribution in [2.45, 2.75) is 13.0 Å². The molecule has 0 aromatic heterocycles. The summed E-state index contributed by atoms with van der Waals surface area (Å²) in [5, 5.41) is 12.0. The zero-order valence-corrected chi connectivity index (χ0v) is 23.9. The highest BCUT2D eigenvalue weighted by atomic mass is 35.5. The van der Waals surface area contributed by atoms with Gasteiger partial charge in [0.2, 0.25) is 0 Å². The van der Waals surface area contributed by atoms with E-state index in [0.717, 1.165) is 0 Å². The molecule has 204 valence electrons. The van der Waals surface area contributed by atoms with Gasteiger partial charge in [-0.2, -0.15) is 0 Å². The summed E-state index contributed by atoms with van der Waals surface area (Å²) < 4.78 is 21.5. The maximum atomic E-state index is 13.6. The van der Waals surface area contributed by atoms with E-state index >= 15 is 0 Å². The Balaban J connectivity index is 2.07. The zero-order valence-electron chi connectivity index (χ0n) is 21.6. The molecule has 1 saturated heterocycles. The van der Waals surface area contributed by atoms with Crippen molar-refractivity contribution < 1.29 is 33.6 Å². The van der Waals surface area contributed by atoms with Crippen molar-refractivity contribution in [3.05, 3.63) is 79.8 Å². The van der Waals surface area contributed by atoms with Gasteiger partial charge in [-0.3, -0.25) is 14.5 Å². The normalized spacial score (nSPS) is 16.4. The van der Waals surface area contributed by atoms with Crippen LogP contribution in [-0.4, -0.2) is 45.2 Å². The molecular weight excluding hydrogens is 569 g/mol. The van der Waals surface area contributed by atoms with Crippen molar-refractivity contribution in [1.29, 1.82) is 0 Å². The first-order valence-electron chi connectivity index (χ1n) is 11.5. The van der Waals surface area contributed by atoms with E-state index in [1.165, 1.54) is 39.4 Å². The van der Waals surface area contributed by atoms with Crippen LogP contribution in [0, 0.1) is 6.92 Å². The van der Waals surface area contributed by atoms with Crippen LogP contribution in [0.25, 0.3) is 5.76 Å². The monoisotopic (exact) mass is 591 g/mol. The number of ether oxygens (including phenoxy) is 4. The van der Waals surface area contributed by atoms with Crippen LogP contribution in [0.3, 0.4) is 0 Å². The predicted octanol–water partition coefficient (Wildman–Crippen LogP) is 6.62. The van der Waals surface area contributed by atoms with Crippen LogP contribution in [0.2, 0.25) is 15.1 Å². The number of aryl methyl sites for hydroxylation is 1. The Hall–Kier alpha value is -3.59. The highest BCUT2D eigenvalue weighted by Gasteiger charge is 2.48. The predicted molar refractivity (Wildman–Crippen MR) is 150 cm³/mol. The fourth-order valence-electron chi connectivity index (χ4n) is 4.55. The molecule has 1 heterocycles. The van der Waals surface area contributed by atoms with Gasteiger partial charge in [0.1, 0.15) is 10.8 Å². The summed E-state index contributed by atoms with van der Waals surface area (Å²) in [5.74, 6) is -1.42. The number of carbonyl (C=O) groups excluding carboxylic acids is 2. The first kappa shape index (κ1) is 28.4. The molecule has 1 amide bonds. The van der Waals surface area contributed by atoms with Gasteiger partial charge in [0.25, 0.3) is 11.7 Å². The fraction of sp³-hybridized carbons (Fsp3) is 0.214. The Morgan fingerprint density at radius 1 is 0.846 bits per heavy atom. The summed E-state index contributed by atoms with van der Waals surface area (Å²) in [6.07, 6.45) is 0. The highest BCUT2D eigenvalue weighted by Crippen LogP contribution is 2.49. The third-order valence-electron chi connectivity index (χ3n) is 6.39. The topological polar surface area (TPSA) is 94.5 Å². The number of hydrogen-bond acceptors (Lipinski definition) is 7. The van der Waals surface area contributed by atoms with E-state index < -0.39 is 23.5 Å². The second-order valence-electron chi connectivity index (χ2n) is 8.50. The highest BCUT2D eigenvalue weighted by molar-refractivity contribution is 6.52. The minimum Gasteiger partial charge on any atom is -0.507 e. The van der Waals surface area contributed by atoms with Crippen LogP contribution < -0.4 is 23.8 Å². The minimum atomic E-state index is -1.09. The standard InChI is InChI=1S/C28H24Cl3NO7/c1-13-6-8-15(29)11-18(13)32-23(14-7-9-19(36-2)20(10-14)37-3)21(25(34)28(32)35)24(33)16-12-17(30)27(39-5)22(31)26(16)38-4/h6-12,23,33H,1-5H3/b24-21+. The molecule has 11 heteroatoms. The summed E-state index contributed by atoms with van der Waals surface area (Å²) in [5.41, 5.74) is 1.31. The summed E-state index contributed by atoms with van der Waals surface area (Å²) in [6, 6.07) is 10.2. The lowest BCUT2D eigenvalue weighted by Gasteiger charge is -2.27. The number of ketones is 1. The van der Waals surface area contributed by atoms with Crippen molar-refractivity contribution in [3.8, 4) is 23.0 Å². The molecule has 39 heavy (non-hydrogen) atoms. The average Bonchev–Trinajstić information content (AvgIpc) is 3.19. The van der Waals surface area contributed by atoms with E-state index in [-0.39, 0.29) is 32.7 Å². The van der Waals surface area contributed by atoms with Crippen molar-refractivity contribution in [2.24, 2.45) is 0 Å². The average molecular weight is 593 g/mol. The van der Waals surface area contributed by atoms with Gasteiger partial charge >= 0.3 is 0 Å². The van der Waals surface area contributed by atoms with E-state index in [2.05, 4.69) is 0 Å². The molecule has 0 spiro atoms. The third-order valence-corrected chi connectivity index (χ3v) is 7.25. The van der Waals surface area contributed by atoms with Gasteiger partial charge in [-0.05, 0) is 48.4 Å². The number of carbonyl (C=O) groups is 2. The second-order valence-corrected chi connectivity index (χ2v) is 9.72. The summed E-state index contributed by atoms with van der Waals surface area (Å²) in [4.78, 5) is 28.5. The maximum Gasteiger partial charge on any atom is 0.300 e. The Labute approximate surface area is 240 Å². The number of methoxy groups -OCH3 is 4. The van der Waals surface area contributed by atoms with Gasteiger partial charge < -0.3 is 24.1 Å². The van der Waals surface area contributed by atoms with Crippen molar-refractivity contribution in [2.75, 3.05) is 33.3 Å². The Morgan fingerprint density at radius 2 is 1.51 bits per heavy atom. The van der Waals surface area contributed by atoms with Crippen molar-refractivity contribution in [1.82, 2.24) is 0 Å². The Bertz CT molecular complexity index is 1520. The first-order chi connectivity index (χ1) is 18.6. The van der Waals surface area contributed by atoms with Crippen LogP contribution in [0.15, 0.2) is 48.0 Å². The quantitative estimate of drug-likeness (QED) is 0.187. The number of halogens is 3. The number of aliphatic hydroxyl groups is 1. The van der Waals surface area contributed by atoms with Gasteiger partial charge in [-0.15, -0.1) is 0 Å². The number of Topliss-reactive ketones (excluding diaryl/α,β-unsaturated/α-hetero) is 1. The third kappa shape index (κ3) is 4.84. The number of rotatable bonds is 7. The van der Waals surface area contributed by atoms with Crippen LogP contribution in [0.4, 0.5) is 5.69 Å². The van der Waals surface area contributed by atoms with E-state index in [4.69, 9.17) is 53.8 Å². The van der Waals surface area contributed by atoms with E-state index in [1.54, 1.807) is 43.3 Å². The van der Waals surface area contributed by atoms with Gasteiger partial charge in [0.15, 0.2) is 23.0 Å². The molecule has 0 radical (unpaired) electrons. The van der Waals surface area contributed by atoms with Crippen LogP contribution in [0.5, 0.6) is 23.0 Å². The Kier molecular flexibility index (Phi) is 8.20. The molecular formula is C28H24Cl3NO7. The molecule has 1 fully saturated rings. The number of aliphatic hydroxyl groups excluding tert-OH is 1. The zero-order chi connectivity index (χ0) is 28.6. The smallest absolute Gasteiger partial charge is 0.300 e. The van der Waals surface area contributed by atoms with Gasteiger partial charge in [0.05, 0.1) is 50.6 Å². The first-order valence-corrected chi connectivity index (χ1v) is 12.6. The van der Waals surface area contributed by atoms with Crippen LogP contribution in [0.1, 0.15) is 22.7 Å². The van der Waals surface area contributed by atoms with E-state index in [0.29, 0.717) is 33.3 Å².